The van der Waals surface area contributed by atoms with Gasteiger partial charge >= 0.3 is 0 Å². The Morgan fingerprint density at radius 1 is 0.968 bits per heavy atom. The summed E-state index contributed by atoms with van der Waals surface area (Å²) in [7, 11) is 1.54. The average molecular weight is 438 g/mol. The van der Waals surface area contributed by atoms with Crippen LogP contribution in [0.15, 0.2) is 71.4 Å². The van der Waals surface area contributed by atoms with Crippen LogP contribution in [-0.4, -0.2) is 61.4 Å². The minimum absolute atomic E-state index is 0.0229. The van der Waals surface area contributed by atoms with Crippen molar-refractivity contribution in [3.05, 3.63) is 77.0 Å². The lowest BCUT2D eigenvalue weighted by molar-refractivity contribution is -0.121. The van der Waals surface area contributed by atoms with E-state index in [0.717, 1.165) is 24.5 Å². The lowest BCUT2D eigenvalue weighted by atomic mass is 10.2. The molecule has 0 saturated carbocycles. The van der Waals surface area contributed by atoms with Gasteiger partial charge in [-0.25, -0.2) is 4.90 Å². The van der Waals surface area contributed by atoms with Crippen molar-refractivity contribution in [2.45, 2.75) is 0 Å². The molecule has 31 heavy (non-hydrogen) atoms. The monoisotopic (exact) mass is 437 g/mol. The molecule has 0 radical (unpaired) electrons. The molecule has 2 aromatic rings. The molecule has 1 fully saturated rings. The third kappa shape index (κ3) is 4.50. The van der Waals surface area contributed by atoms with E-state index in [-0.39, 0.29) is 16.6 Å². The summed E-state index contributed by atoms with van der Waals surface area (Å²) in [6, 6.07) is 17.0. The second kappa shape index (κ2) is 9.37. The number of nitrogens with zero attached hydrogens (tertiary/aromatic N) is 3. The van der Waals surface area contributed by atoms with Gasteiger partial charge in [-0.2, -0.15) is 0 Å². The highest BCUT2D eigenvalue weighted by Crippen LogP contribution is 2.33. The lowest BCUT2D eigenvalue weighted by Crippen LogP contribution is -2.47. The number of hydrogen-bond donors (Lipinski definition) is 0. The van der Waals surface area contributed by atoms with Crippen LogP contribution in [0.4, 0.5) is 5.69 Å². The van der Waals surface area contributed by atoms with Crippen molar-refractivity contribution >= 4 is 35.2 Å². The highest BCUT2D eigenvalue weighted by Gasteiger charge is 2.42. The Morgan fingerprint density at radius 3 is 2.42 bits per heavy atom. The second-order valence-electron chi connectivity index (χ2n) is 7.41. The quantitative estimate of drug-likeness (QED) is 0.649. The van der Waals surface area contributed by atoms with Gasteiger partial charge in [0.25, 0.3) is 11.8 Å². The van der Waals surface area contributed by atoms with Crippen LogP contribution in [0, 0.1) is 0 Å². The van der Waals surface area contributed by atoms with E-state index in [4.69, 9.17) is 16.3 Å². The lowest BCUT2D eigenvalue weighted by Gasteiger charge is -2.35. The standard InChI is InChI=1S/C24H24ClN3O3/c1-31-20-11-5-10-19(17-20)28-23(29)21(25)22(24(28)30)27-15-13-26(14-16-27)12-6-9-18-7-3-2-4-8-18/h2-11,17H,12-16H2,1H3/b9-6+. The van der Waals surface area contributed by atoms with Gasteiger partial charge in [0.2, 0.25) is 0 Å². The molecule has 0 N–H and O–H groups in total. The number of ether oxygens (including phenoxy) is 1. The number of carbonyl (C=O) groups excluding carboxylic acids is 2. The van der Waals surface area contributed by atoms with Gasteiger partial charge in [-0.1, -0.05) is 60.2 Å². The molecule has 2 heterocycles. The van der Waals surface area contributed by atoms with E-state index in [2.05, 4.69) is 29.2 Å². The molecule has 7 heteroatoms. The predicted molar refractivity (Wildman–Crippen MR) is 122 cm³/mol. The van der Waals surface area contributed by atoms with Gasteiger partial charge in [0.1, 0.15) is 16.5 Å². The fraction of sp³-hybridized carbons (Fsp3) is 0.250. The smallest absolute Gasteiger partial charge is 0.283 e. The second-order valence-corrected chi connectivity index (χ2v) is 7.79. The van der Waals surface area contributed by atoms with Gasteiger partial charge in [0.05, 0.1) is 12.8 Å². The van der Waals surface area contributed by atoms with Crippen LogP contribution in [0.5, 0.6) is 5.75 Å². The first-order chi connectivity index (χ1) is 15.1. The molecular formula is C24H24ClN3O3. The fourth-order valence-electron chi connectivity index (χ4n) is 3.81. The fourth-order valence-corrected chi connectivity index (χ4v) is 4.09. The Labute approximate surface area is 186 Å². The highest BCUT2D eigenvalue weighted by molar-refractivity contribution is 6.52. The first kappa shape index (κ1) is 21.2. The van der Waals surface area contributed by atoms with E-state index >= 15 is 0 Å². The van der Waals surface area contributed by atoms with Crippen molar-refractivity contribution in [2.24, 2.45) is 0 Å². The van der Waals surface area contributed by atoms with Crippen molar-refractivity contribution in [3.63, 3.8) is 0 Å². The van der Waals surface area contributed by atoms with Crippen LogP contribution >= 0.6 is 11.6 Å². The summed E-state index contributed by atoms with van der Waals surface area (Å²) in [5.74, 6) is -0.316. The summed E-state index contributed by atoms with van der Waals surface area (Å²) in [5, 5.41) is -0.0229. The number of hydrogen-bond acceptors (Lipinski definition) is 5. The number of amides is 2. The van der Waals surface area contributed by atoms with Crippen molar-refractivity contribution in [3.8, 4) is 5.75 Å². The molecule has 0 aromatic heterocycles. The van der Waals surface area contributed by atoms with Crippen LogP contribution in [0.2, 0.25) is 0 Å². The number of anilines is 1. The molecule has 0 aliphatic carbocycles. The van der Waals surface area contributed by atoms with Gasteiger partial charge in [-0.3, -0.25) is 14.5 Å². The van der Waals surface area contributed by atoms with Gasteiger partial charge < -0.3 is 9.64 Å². The maximum Gasteiger partial charge on any atom is 0.283 e. The van der Waals surface area contributed by atoms with Crippen molar-refractivity contribution in [2.75, 3.05) is 44.7 Å². The number of benzene rings is 2. The van der Waals surface area contributed by atoms with E-state index < -0.39 is 5.91 Å². The molecule has 6 nitrogen and oxygen atoms in total. The number of carbonyl (C=O) groups is 2. The van der Waals surface area contributed by atoms with Gasteiger partial charge in [-0.05, 0) is 17.7 Å². The largest absolute Gasteiger partial charge is 0.497 e. The first-order valence-corrected chi connectivity index (χ1v) is 10.6. The Hall–Kier alpha value is -3.09. The molecule has 2 aromatic carbocycles. The number of halogens is 1. The molecule has 0 bridgehead atoms. The van der Waals surface area contributed by atoms with Crippen LogP contribution in [-0.2, 0) is 9.59 Å². The molecule has 0 unspecified atom stereocenters. The van der Waals surface area contributed by atoms with Crippen molar-refractivity contribution in [1.82, 2.24) is 9.80 Å². The minimum atomic E-state index is -0.497. The molecule has 0 atom stereocenters. The third-order valence-electron chi connectivity index (χ3n) is 5.48. The van der Waals surface area contributed by atoms with Crippen LogP contribution in [0.3, 0.4) is 0 Å². The maximum atomic E-state index is 13.1. The predicted octanol–water partition coefficient (Wildman–Crippen LogP) is 3.35. The average Bonchev–Trinajstić information content (AvgIpc) is 3.03. The Morgan fingerprint density at radius 2 is 1.71 bits per heavy atom. The van der Waals surface area contributed by atoms with E-state index in [1.165, 1.54) is 12.7 Å². The number of rotatable bonds is 6. The zero-order valence-electron chi connectivity index (χ0n) is 17.3. The summed E-state index contributed by atoms with van der Waals surface area (Å²) in [4.78, 5) is 31.2. The summed E-state index contributed by atoms with van der Waals surface area (Å²) >= 11 is 6.33. The molecule has 2 aliphatic heterocycles. The first-order valence-electron chi connectivity index (χ1n) is 10.2. The van der Waals surface area contributed by atoms with E-state index in [1.54, 1.807) is 24.3 Å². The summed E-state index contributed by atoms with van der Waals surface area (Å²) in [6.45, 7) is 3.67. The third-order valence-corrected chi connectivity index (χ3v) is 5.82. The summed E-state index contributed by atoms with van der Waals surface area (Å²) < 4.78 is 5.21. The number of piperazine rings is 1. The number of imide groups is 1. The molecule has 0 spiro atoms. The number of methoxy groups -OCH3 is 1. The molecule has 1 saturated heterocycles. The van der Waals surface area contributed by atoms with Crippen molar-refractivity contribution in [1.29, 1.82) is 0 Å². The molecule has 4 rings (SSSR count). The van der Waals surface area contributed by atoms with Gasteiger partial charge in [0, 0.05) is 38.8 Å². The molecule has 2 aliphatic rings. The summed E-state index contributed by atoms with van der Waals surface area (Å²) in [6.07, 6.45) is 4.25. The Kier molecular flexibility index (Phi) is 6.39. The van der Waals surface area contributed by atoms with Crippen LogP contribution < -0.4 is 9.64 Å². The Balaban J connectivity index is 1.39. The highest BCUT2D eigenvalue weighted by atomic mass is 35.5. The van der Waals surface area contributed by atoms with Crippen LogP contribution in [0.25, 0.3) is 6.08 Å². The SMILES string of the molecule is COc1cccc(N2C(=O)C(Cl)=C(N3CCN(C/C=C/c4ccccc4)CC3)C2=O)c1. The Bertz CT molecular complexity index is 1030. The van der Waals surface area contributed by atoms with Crippen molar-refractivity contribution < 1.29 is 14.3 Å². The maximum absolute atomic E-state index is 13.1. The van der Waals surface area contributed by atoms with E-state index in [0.29, 0.717) is 24.5 Å². The molecule has 2 amide bonds. The molecule has 160 valence electrons. The van der Waals surface area contributed by atoms with Gasteiger partial charge in [0.15, 0.2) is 0 Å². The zero-order chi connectivity index (χ0) is 21.8. The minimum Gasteiger partial charge on any atom is -0.497 e. The topological polar surface area (TPSA) is 53.1 Å². The van der Waals surface area contributed by atoms with Crippen LogP contribution in [0.1, 0.15) is 5.56 Å². The normalized spacial score (nSPS) is 17.9. The summed E-state index contributed by atoms with van der Waals surface area (Å²) in [5.41, 5.74) is 1.91. The van der Waals surface area contributed by atoms with Gasteiger partial charge in [-0.15, -0.1) is 0 Å². The molecular weight excluding hydrogens is 414 g/mol. The van der Waals surface area contributed by atoms with E-state index in [1.807, 2.05) is 23.1 Å². The van der Waals surface area contributed by atoms with E-state index in [9.17, 15) is 9.59 Å². The zero-order valence-corrected chi connectivity index (χ0v) is 18.1.